The highest BCUT2D eigenvalue weighted by Crippen LogP contribution is 2.39. The number of carbonyl (C=O) groups is 2. The Morgan fingerprint density at radius 2 is 2.11 bits per heavy atom. The SMILES string of the molecule is Cc1c(-c2cc3cc(NC(=O)O[C@H]4CC(=O)N(C(C)C)C4)ncc3c(N)c2F)cnc2c1NCCO2. The Balaban J connectivity index is 1.41. The van der Waals surface area contributed by atoms with E-state index in [-0.39, 0.29) is 35.4 Å². The lowest BCUT2D eigenvalue weighted by molar-refractivity contribution is -0.129. The molecule has 0 bridgehead atoms. The van der Waals surface area contributed by atoms with E-state index in [4.69, 9.17) is 15.2 Å². The van der Waals surface area contributed by atoms with Crippen LogP contribution in [0.3, 0.4) is 0 Å². The molecule has 0 radical (unpaired) electrons. The normalized spacial score (nSPS) is 17.1. The number of benzene rings is 1. The predicted molar refractivity (Wildman–Crippen MR) is 133 cm³/mol. The van der Waals surface area contributed by atoms with Crippen LogP contribution >= 0.6 is 0 Å². The second-order valence-electron chi connectivity index (χ2n) is 9.19. The van der Waals surface area contributed by atoms with Gasteiger partial charge in [0.1, 0.15) is 24.2 Å². The number of hydrogen-bond acceptors (Lipinski definition) is 8. The largest absolute Gasteiger partial charge is 0.474 e. The zero-order valence-corrected chi connectivity index (χ0v) is 20.2. The van der Waals surface area contributed by atoms with Gasteiger partial charge in [-0.2, -0.15) is 0 Å². The number of nitrogen functional groups attached to an aromatic ring is 1. The number of anilines is 3. The van der Waals surface area contributed by atoms with Crippen LogP contribution in [0.2, 0.25) is 0 Å². The van der Waals surface area contributed by atoms with E-state index in [2.05, 4.69) is 20.6 Å². The van der Waals surface area contributed by atoms with Crippen molar-refractivity contribution < 1.29 is 23.5 Å². The topological polar surface area (TPSA) is 132 Å². The van der Waals surface area contributed by atoms with Crippen molar-refractivity contribution in [3.8, 4) is 17.0 Å². The van der Waals surface area contributed by atoms with Crippen molar-refractivity contribution in [2.24, 2.45) is 0 Å². The molecule has 1 saturated heterocycles. The molecule has 5 rings (SSSR count). The van der Waals surface area contributed by atoms with Crippen LogP contribution in [0.1, 0.15) is 25.8 Å². The second kappa shape index (κ2) is 9.14. The predicted octanol–water partition coefficient (Wildman–Crippen LogP) is 3.69. The van der Waals surface area contributed by atoms with Gasteiger partial charge in [0, 0.05) is 41.5 Å². The second-order valence-corrected chi connectivity index (χ2v) is 9.19. The zero-order chi connectivity index (χ0) is 25.6. The third kappa shape index (κ3) is 4.21. The van der Waals surface area contributed by atoms with Crippen LogP contribution in [-0.2, 0) is 9.53 Å². The lowest BCUT2D eigenvalue weighted by atomic mass is 9.97. The Labute approximate surface area is 207 Å². The van der Waals surface area contributed by atoms with Gasteiger partial charge < -0.3 is 25.4 Å². The number of pyridine rings is 2. The summed E-state index contributed by atoms with van der Waals surface area (Å²) in [6, 6.07) is 3.28. The fraction of sp³-hybridized carbons (Fsp3) is 0.360. The highest BCUT2D eigenvalue weighted by molar-refractivity contribution is 5.99. The van der Waals surface area contributed by atoms with E-state index in [1.54, 1.807) is 23.2 Å². The number of fused-ring (bicyclic) bond motifs is 2. The average Bonchev–Trinajstić information content (AvgIpc) is 3.22. The van der Waals surface area contributed by atoms with E-state index in [1.165, 1.54) is 6.20 Å². The molecule has 0 unspecified atom stereocenters. The summed E-state index contributed by atoms with van der Waals surface area (Å²) in [5.41, 5.74) is 8.44. The first-order valence-corrected chi connectivity index (χ1v) is 11.7. The maximum atomic E-state index is 15.3. The maximum Gasteiger partial charge on any atom is 0.413 e. The molecule has 11 heteroatoms. The molecule has 2 aliphatic heterocycles. The average molecular weight is 495 g/mol. The number of likely N-dealkylation sites (tertiary alicyclic amines) is 1. The van der Waals surface area contributed by atoms with Crippen molar-refractivity contribution in [3.63, 3.8) is 0 Å². The van der Waals surface area contributed by atoms with Gasteiger partial charge in [0.2, 0.25) is 11.8 Å². The fourth-order valence-electron chi connectivity index (χ4n) is 4.62. The Morgan fingerprint density at radius 1 is 1.31 bits per heavy atom. The Kier molecular flexibility index (Phi) is 5.99. The van der Waals surface area contributed by atoms with Crippen LogP contribution in [0.25, 0.3) is 21.9 Å². The number of amides is 2. The Morgan fingerprint density at radius 3 is 2.86 bits per heavy atom. The molecular weight excluding hydrogens is 467 g/mol. The molecule has 36 heavy (non-hydrogen) atoms. The quantitative estimate of drug-likeness (QED) is 0.468. The zero-order valence-electron chi connectivity index (χ0n) is 20.2. The van der Waals surface area contributed by atoms with E-state index in [0.29, 0.717) is 41.9 Å². The summed E-state index contributed by atoms with van der Waals surface area (Å²) in [5.74, 6) is 0.0631. The number of aromatic nitrogens is 2. The molecule has 1 aromatic carbocycles. The number of nitrogens with two attached hydrogens (primary N) is 1. The van der Waals surface area contributed by atoms with Crippen molar-refractivity contribution in [2.45, 2.75) is 39.3 Å². The smallest absolute Gasteiger partial charge is 0.413 e. The van der Waals surface area contributed by atoms with Gasteiger partial charge in [-0.3, -0.25) is 10.1 Å². The number of nitrogens with zero attached hydrogens (tertiary/aromatic N) is 3. The minimum Gasteiger partial charge on any atom is -0.474 e. The molecule has 3 aromatic rings. The van der Waals surface area contributed by atoms with E-state index in [0.717, 1.165) is 11.3 Å². The van der Waals surface area contributed by atoms with Crippen LogP contribution in [0.5, 0.6) is 5.88 Å². The first kappa shape index (κ1) is 23.6. The van der Waals surface area contributed by atoms with Gasteiger partial charge in [0.25, 0.3) is 0 Å². The molecule has 1 atom stereocenters. The van der Waals surface area contributed by atoms with Gasteiger partial charge in [-0.05, 0) is 43.9 Å². The lowest BCUT2D eigenvalue weighted by Gasteiger charge is -2.22. The molecule has 10 nitrogen and oxygen atoms in total. The number of nitrogens with one attached hydrogen (secondary N) is 2. The summed E-state index contributed by atoms with van der Waals surface area (Å²) in [5, 5.41) is 6.83. The van der Waals surface area contributed by atoms with Crippen LogP contribution in [0, 0.1) is 12.7 Å². The van der Waals surface area contributed by atoms with E-state index >= 15 is 4.39 Å². The van der Waals surface area contributed by atoms with Crippen molar-refractivity contribution in [1.29, 1.82) is 0 Å². The molecule has 2 aliphatic rings. The standard InChI is InChI=1S/C25H27FN6O4/c1-12(2)32-11-15(8-20(32)33)36-25(34)31-19-7-14-6-16(21(26)22(27)18(14)10-29-19)17-9-30-24-23(13(17)3)28-4-5-35-24/h6-7,9-10,12,15,28H,4-5,8,11,27H2,1-3H3,(H,29,31,34)/t15-/m0/s1. The van der Waals surface area contributed by atoms with Gasteiger partial charge in [0.05, 0.1) is 18.7 Å². The van der Waals surface area contributed by atoms with Crippen molar-refractivity contribution in [1.82, 2.24) is 14.9 Å². The molecule has 2 amide bonds. The van der Waals surface area contributed by atoms with E-state index in [9.17, 15) is 9.59 Å². The molecule has 0 spiro atoms. The third-order valence-electron chi connectivity index (χ3n) is 6.49. The van der Waals surface area contributed by atoms with Crippen LogP contribution in [0.4, 0.5) is 26.4 Å². The number of halogens is 1. The van der Waals surface area contributed by atoms with Crippen LogP contribution in [0.15, 0.2) is 24.5 Å². The molecule has 188 valence electrons. The maximum absolute atomic E-state index is 15.3. The lowest BCUT2D eigenvalue weighted by Crippen LogP contribution is -2.33. The third-order valence-corrected chi connectivity index (χ3v) is 6.49. The first-order valence-electron chi connectivity index (χ1n) is 11.7. The Bertz CT molecular complexity index is 1380. The number of ether oxygens (including phenoxy) is 2. The Hall–Kier alpha value is -4.15. The molecule has 0 saturated carbocycles. The molecule has 0 aliphatic carbocycles. The molecule has 4 heterocycles. The fourth-order valence-corrected chi connectivity index (χ4v) is 4.62. The van der Waals surface area contributed by atoms with Gasteiger partial charge in [-0.1, -0.05) is 0 Å². The monoisotopic (exact) mass is 494 g/mol. The molecule has 2 aromatic heterocycles. The summed E-state index contributed by atoms with van der Waals surface area (Å²) in [6.07, 6.45) is 1.85. The van der Waals surface area contributed by atoms with Crippen molar-refractivity contribution >= 4 is 40.0 Å². The summed E-state index contributed by atoms with van der Waals surface area (Å²) in [7, 11) is 0. The summed E-state index contributed by atoms with van der Waals surface area (Å²) < 4.78 is 26.3. The van der Waals surface area contributed by atoms with Gasteiger partial charge in [-0.15, -0.1) is 0 Å². The van der Waals surface area contributed by atoms with Crippen LogP contribution < -0.4 is 21.1 Å². The molecule has 4 N–H and O–H groups in total. The van der Waals surface area contributed by atoms with Gasteiger partial charge in [0.15, 0.2) is 5.82 Å². The van der Waals surface area contributed by atoms with E-state index < -0.39 is 18.0 Å². The molecule has 1 fully saturated rings. The summed E-state index contributed by atoms with van der Waals surface area (Å²) >= 11 is 0. The molecular formula is C25H27FN6O4. The number of hydrogen-bond donors (Lipinski definition) is 3. The van der Waals surface area contributed by atoms with Crippen LogP contribution in [-0.4, -0.2) is 58.7 Å². The highest BCUT2D eigenvalue weighted by Gasteiger charge is 2.33. The summed E-state index contributed by atoms with van der Waals surface area (Å²) in [6.45, 7) is 7.17. The minimum atomic E-state index is -0.721. The van der Waals surface area contributed by atoms with Crippen molar-refractivity contribution in [2.75, 3.05) is 36.1 Å². The number of rotatable bonds is 4. The first-order chi connectivity index (χ1) is 17.2. The van der Waals surface area contributed by atoms with E-state index in [1.807, 2.05) is 20.8 Å². The number of carbonyl (C=O) groups excluding carboxylic acids is 2. The minimum absolute atomic E-state index is 0.0358. The highest BCUT2D eigenvalue weighted by atomic mass is 19.1. The van der Waals surface area contributed by atoms with Gasteiger partial charge >= 0.3 is 6.09 Å². The van der Waals surface area contributed by atoms with Crippen molar-refractivity contribution in [3.05, 3.63) is 35.9 Å². The summed E-state index contributed by atoms with van der Waals surface area (Å²) in [4.78, 5) is 34.7. The van der Waals surface area contributed by atoms with Gasteiger partial charge in [-0.25, -0.2) is 19.2 Å².